The van der Waals surface area contributed by atoms with Crippen molar-refractivity contribution in [3.8, 4) is 10.8 Å². The zero-order valence-corrected chi connectivity index (χ0v) is 12.4. The van der Waals surface area contributed by atoms with Gasteiger partial charge in [0.1, 0.15) is 0 Å². The van der Waals surface area contributed by atoms with E-state index in [0.717, 1.165) is 16.5 Å². The molecule has 0 N–H and O–H groups in total. The molecule has 21 heavy (non-hydrogen) atoms. The molecular weight excluding hydrogens is 306 g/mol. The van der Waals surface area contributed by atoms with Crippen LogP contribution in [0, 0.1) is 0 Å². The van der Waals surface area contributed by atoms with Crippen LogP contribution in [0.15, 0.2) is 58.5 Å². The fourth-order valence-electron chi connectivity index (χ4n) is 1.75. The monoisotopic (exact) mass is 315 g/mol. The van der Waals surface area contributed by atoms with Gasteiger partial charge in [0, 0.05) is 16.0 Å². The highest BCUT2D eigenvalue weighted by Gasteiger charge is 2.06. The van der Waals surface area contributed by atoms with Crippen molar-refractivity contribution >= 4 is 34.8 Å². The number of thiazole rings is 1. The van der Waals surface area contributed by atoms with Gasteiger partial charge in [0.25, 0.3) is 0 Å². The summed E-state index contributed by atoms with van der Waals surface area (Å²) >= 11 is 7.27. The van der Waals surface area contributed by atoms with Gasteiger partial charge in [-0.2, -0.15) is 0 Å². The fraction of sp³-hybridized carbons (Fsp3) is 0. The summed E-state index contributed by atoms with van der Waals surface area (Å²) in [6, 6.07) is 10.5. The quantitative estimate of drug-likeness (QED) is 0.505. The maximum atomic E-state index is 12.0. The Morgan fingerprint density at radius 2 is 2.05 bits per heavy atom. The van der Waals surface area contributed by atoms with Gasteiger partial charge in [0.2, 0.25) is 0 Å². The lowest BCUT2D eigenvalue weighted by Crippen LogP contribution is -1.93. The van der Waals surface area contributed by atoms with Crippen LogP contribution >= 0.6 is 22.9 Å². The van der Waals surface area contributed by atoms with Crippen molar-refractivity contribution in [3.05, 3.63) is 70.4 Å². The molecule has 0 aliphatic heterocycles. The molecule has 3 nitrogen and oxygen atoms in total. The number of halogens is 1. The minimum atomic E-state index is -0.0841. The van der Waals surface area contributed by atoms with Crippen LogP contribution in [0.2, 0.25) is 5.02 Å². The molecule has 104 valence electrons. The normalized spacial score (nSPS) is 11.1. The predicted octanol–water partition coefficient (Wildman–Crippen LogP) is 4.95. The molecule has 5 heteroatoms. The molecule has 2 heterocycles. The fourth-order valence-corrected chi connectivity index (χ4v) is 2.63. The van der Waals surface area contributed by atoms with E-state index in [2.05, 4.69) is 4.98 Å². The highest BCUT2D eigenvalue weighted by atomic mass is 35.5. The average Bonchev–Trinajstić information content (AvgIpc) is 3.16. The number of benzene rings is 1. The third kappa shape index (κ3) is 3.29. The number of rotatable bonds is 4. The number of ketones is 1. The standard InChI is InChI=1S/C16H10ClNO2S/c17-12-5-3-11(4-6-12)14(19)8-7-13-10-21-16(18-13)15-2-1-9-20-15/h1-10H/b8-7+. The Bertz CT molecular complexity index is 773. The zero-order chi connectivity index (χ0) is 14.7. The van der Waals surface area contributed by atoms with Crippen molar-refractivity contribution in [3.63, 3.8) is 0 Å². The zero-order valence-electron chi connectivity index (χ0n) is 10.8. The third-order valence-electron chi connectivity index (χ3n) is 2.79. The lowest BCUT2D eigenvalue weighted by molar-refractivity contribution is 0.104. The van der Waals surface area contributed by atoms with E-state index in [-0.39, 0.29) is 5.78 Å². The first-order valence-electron chi connectivity index (χ1n) is 6.20. The van der Waals surface area contributed by atoms with Crippen LogP contribution in [0.5, 0.6) is 0 Å². The second-order valence-electron chi connectivity index (χ2n) is 4.26. The predicted molar refractivity (Wildman–Crippen MR) is 84.6 cm³/mol. The van der Waals surface area contributed by atoms with E-state index >= 15 is 0 Å². The van der Waals surface area contributed by atoms with Gasteiger partial charge >= 0.3 is 0 Å². The first-order chi connectivity index (χ1) is 10.2. The minimum Gasteiger partial charge on any atom is -0.462 e. The van der Waals surface area contributed by atoms with Crippen LogP contribution < -0.4 is 0 Å². The van der Waals surface area contributed by atoms with Gasteiger partial charge < -0.3 is 4.42 Å². The number of carbonyl (C=O) groups excluding carboxylic acids is 1. The van der Waals surface area contributed by atoms with Gasteiger partial charge in [-0.3, -0.25) is 4.79 Å². The molecule has 0 unspecified atom stereocenters. The number of carbonyl (C=O) groups is 1. The van der Waals surface area contributed by atoms with E-state index < -0.39 is 0 Å². The van der Waals surface area contributed by atoms with Crippen LogP contribution in [-0.4, -0.2) is 10.8 Å². The van der Waals surface area contributed by atoms with Crippen molar-refractivity contribution in [2.45, 2.75) is 0 Å². The molecule has 0 saturated heterocycles. The van der Waals surface area contributed by atoms with Gasteiger partial charge in [-0.25, -0.2) is 4.98 Å². The molecule has 0 amide bonds. The van der Waals surface area contributed by atoms with E-state index in [0.29, 0.717) is 10.6 Å². The topological polar surface area (TPSA) is 43.1 Å². The summed E-state index contributed by atoms with van der Waals surface area (Å²) in [4.78, 5) is 16.4. The second kappa shape index (κ2) is 6.08. The Hall–Kier alpha value is -2.17. The maximum absolute atomic E-state index is 12.0. The number of allylic oxidation sites excluding steroid dienone is 1. The molecule has 0 aliphatic carbocycles. The first kappa shape index (κ1) is 13.8. The minimum absolute atomic E-state index is 0.0841. The van der Waals surface area contributed by atoms with E-state index in [1.54, 1.807) is 36.6 Å². The summed E-state index contributed by atoms with van der Waals surface area (Å²) in [6.07, 6.45) is 4.81. The Kier molecular flexibility index (Phi) is 3.99. The Balaban J connectivity index is 1.74. The summed E-state index contributed by atoms with van der Waals surface area (Å²) in [6.45, 7) is 0. The molecule has 0 atom stereocenters. The van der Waals surface area contributed by atoms with Gasteiger partial charge in [-0.15, -0.1) is 11.3 Å². The van der Waals surface area contributed by atoms with Crippen molar-refractivity contribution in [2.24, 2.45) is 0 Å². The lowest BCUT2D eigenvalue weighted by Gasteiger charge is -1.95. The van der Waals surface area contributed by atoms with Gasteiger partial charge in [0.05, 0.1) is 12.0 Å². The molecule has 0 bridgehead atoms. The molecule has 0 fully saturated rings. The molecule has 1 aromatic carbocycles. The number of aromatic nitrogens is 1. The number of hydrogen-bond acceptors (Lipinski definition) is 4. The van der Waals surface area contributed by atoms with Crippen molar-refractivity contribution in [1.82, 2.24) is 4.98 Å². The highest BCUT2D eigenvalue weighted by Crippen LogP contribution is 2.24. The van der Waals surface area contributed by atoms with Crippen LogP contribution in [-0.2, 0) is 0 Å². The maximum Gasteiger partial charge on any atom is 0.185 e. The van der Waals surface area contributed by atoms with E-state index in [9.17, 15) is 4.79 Å². The number of nitrogens with zero attached hydrogens (tertiary/aromatic N) is 1. The van der Waals surface area contributed by atoms with Crippen LogP contribution in [0.3, 0.4) is 0 Å². The van der Waals surface area contributed by atoms with Crippen LogP contribution in [0.25, 0.3) is 16.8 Å². The van der Waals surface area contributed by atoms with E-state index in [4.69, 9.17) is 16.0 Å². The largest absolute Gasteiger partial charge is 0.462 e. The van der Waals surface area contributed by atoms with Crippen molar-refractivity contribution in [2.75, 3.05) is 0 Å². The number of furan rings is 1. The molecule has 3 aromatic rings. The second-order valence-corrected chi connectivity index (χ2v) is 5.55. The van der Waals surface area contributed by atoms with Crippen LogP contribution in [0.1, 0.15) is 16.1 Å². The third-order valence-corrected chi connectivity index (χ3v) is 3.92. The van der Waals surface area contributed by atoms with Crippen molar-refractivity contribution < 1.29 is 9.21 Å². The van der Waals surface area contributed by atoms with Crippen LogP contribution in [0.4, 0.5) is 0 Å². The molecule has 0 radical (unpaired) electrons. The average molecular weight is 316 g/mol. The number of hydrogen-bond donors (Lipinski definition) is 0. The summed E-state index contributed by atoms with van der Waals surface area (Å²) in [7, 11) is 0. The molecular formula is C16H10ClNO2S. The summed E-state index contributed by atoms with van der Waals surface area (Å²) < 4.78 is 5.28. The summed E-state index contributed by atoms with van der Waals surface area (Å²) in [5.41, 5.74) is 1.32. The summed E-state index contributed by atoms with van der Waals surface area (Å²) in [5, 5.41) is 3.28. The molecule has 0 aliphatic rings. The van der Waals surface area contributed by atoms with Crippen molar-refractivity contribution in [1.29, 1.82) is 0 Å². The summed E-state index contributed by atoms with van der Waals surface area (Å²) in [5.74, 6) is 0.642. The highest BCUT2D eigenvalue weighted by molar-refractivity contribution is 7.13. The Morgan fingerprint density at radius 3 is 2.76 bits per heavy atom. The Labute approximate surface area is 130 Å². The molecule has 3 rings (SSSR count). The van der Waals surface area contributed by atoms with E-state index in [1.807, 2.05) is 17.5 Å². The molecule has 0 spiro atoms. The SMILES string of the molecule is O=C(/C=C/c1csc(-c2ccco2)n1)c1ccc(Cl)cc1. The lowest BCUT2D eigenvalue weighted by atomic mass is 10.1. The smallest absolute Gasteiger partial charge is 0.185 e. The van der Waals surface area contributed by atoms with Gasteiger partial charge in [-0.05, 0) is 48.6 Å². The van der Waals surface area contributed by atoms with Gasteiger partial charge in [-0.1, -0.05) is 11.6 Å². The van der Waals surface area contributed by atoms with E-state index in [1.165, 1.54) is 17.4 Å². The Morgan fingerprint density at radius 1 is 1.24 bits per heavy atom. The first-order valence-corrected chi connectivity index (χ1v) is 7.45. The molecule has 0 saturated carbocycles. The molecule has 2 aromatic heterocycles. The van der Waals surface area contributed by atoms with Gasteiger partial charge in [0.15, 0.2) is 16.6 Å².